The summed E-state index contributed by atoms with van der Waals surface area (Å²) < 4.78 is 0. The number of aromatic hydroxyl groups is 1. The van der Waals surface area contributed by atoms with Gasteiger partial charge in [0.25, 0.3) is 0 Å². The number of aromatic nitrogens is 2. The lowest BCUT2D eigenvalue weighted by Gasteiger charge is -2.09. The fraction of sp³-hybridized carbons (Fsp3) is 0.0588. The van der Waals surface area contributed by atoms with E-state index in [0.29, 0.717) is 16.4 Å². The average molecular weight is 295 g/mol. The summed E-state index contributed by atoms with van der Waals surface area (Å²) in [5.41, 5.74) is 3.97. The van der Waals surface area contributed by atoms with E-state index in [0.717, 1.165) is 22.0 Å². The van der Waals surface area contributed by atoms with Gasteiger partial charge in [-0.05, 0) is 24.6 Å². The average Bonchev–Trinajstić information content (AvgIpc) is 2.51. The minimum atomic E-state index is 0.0560. The molecule has 0 spiro atoms. The van der Waals surface area contributed by atoms with Crippen LogP contribution in [0.25, 0.3) is 32.8 Å². The molecule has 0 amide bonds. The Kier molecular flexibility index (Phi) is 2.53. The molecule has 1 N–H and O–H groups in total. The van der Waals surface area contributed by atoms with Crippen LogP contribution in [0.5, 0.6) is 5.75 Å². The van der Waals surface area contributed by atoms with Crippen LogP contribution in [0.4, 0.5) is 0 Å². The van der Waals surface area contributed by atoms with Gasteiger partial charge in [-0.1, -0.05) is 41.9 Å². The fourth-order valence-corrected chi connectivity index (χ4v) is 2.87. The SMILES string of the molecule is Cc1ccc2nc3c(Cl)c(O)c4ccccc4c3nc2c1. The topological polar surface area (TPSA) is 46.0 Å². The summed E-state index contributed by atoms with van der Waals surface area (Å²) in [7, 11) is 0. The van der Waals surface area contributed by atoms with Gasteiger partial charge in [-0.25, -0.2) is 9.97 Å². The van der Waals surface area contributed by atoms with Crippen molar-refractivity contribution in [2.75, 3.05) is 0 Å². The largest absolute Gasteiger partial charge is 0.506 e. The minimum absolute atomic E-state index is 0.0560. The van der Waals surface area contributed by atoms with Crippen LogP contribution in [0.3, 0.4) is 0 Å². The summed E-state index contributed by atoms with van der Waals surface area (Å²) in [6, 6.07) is 13.4. The van der Waals surface area contributed by atoms with E-state index in [4.69, 9.17) is 16.6 Å². The highest BCUT2D eigenvalue weighted by Crippen LogP contribution is 2.39. The number of phenols is 1. The number of nitrogens with zero attached hydrogens (tertiary/aromatic N) is 2. The number of fused-ring (bicyclic) bond motifs is 4. The van der Waals surface area contributed by atoms with Crippen molar-refractivity contribution in [3.05, 3.63) is 53.1 Å². The lowest BCUT2D eigenvalue weighted by molar-refractivity contribution is 0.482. The number of aryl methyl sites for hydroxylation is 1. The summed E-state index contributed by atoms with van der Waals surface area (Å²) in [5.74, 6) is 0.0560. The highest BCUT2D eigenvalue weighted by atomic mass is 35.5. The van der Waals surface area contributed by atoms with Crippen LogP contribution >= 0.6 is 11.6 Å². The number of hydrogen-bond acceptors (Lipinski definition) is 3. The molecule has 102 valence electrons. The molecule has 4 aromatic rings. The van der Waals surface area contributed by atoms with Crippen LogP contribution in [0, 0.1) is 6.92 Å². The van der Waals surface area contributed by atoms with Gasteiger partial charge in [0.05, 0.1) is 16.6 Å². The van der Waals surface area contributed by atoms with Crippen LogP contribution in [-0.2, 0) is 0 Å². The molecule has 0 radical (unpaired) electrons. The molecule has 0 saturated heterocycles. The zero-order valence-corrected chi connectivity index (χ0v) is 12.0. The molecule has 0 saturated carbocycles. The molecule has 3 nitrogen and oxygen atoms in total. The molecule has 0 aliphatic rings. The third-order valence-electron chi connectivity index (χ3n) is 3.67. The number of rotatable bonds is 0. The molecule has 0 aliphatic heterocycles. The molecule has 0 atom stereocenters. The van der Waals surface area contributed by atoms with E-state index < -0.39 is 0 Å². The third-order valence-corrected chi connectivity index (χ3v) is 4.03. The predicted octanol–water partition coefficient (Wildman–Crippen LogP) is 4.60. The Balaban J connectivity index is 2.30. The van der Waals surface area contributed by atoms with Crippen LogP contribution in [-0.4, -0.2) is 15.1 Å². The molecule has 3 aromatic carbocycles. The Morgan fingerprint density at radius 2 is 1.62 bits per heavy atom. The van der Waals surface area contributed by atoms with E-state index in [1.54, 1.807) is 0 Å². The van der Waals surface area contributed by atoms with Crippen molar-refractivity contribution < 1.29 is 5.11 Å². The second-order valence-electron chi connectivity index (χ2n) is 5.12. The first-order valence-corrected chi connectivity index (χ1v) is 7.00. The first-order chi connectivity index (χ1) is 10.1. The normalized spacial score (nSPS) is 11.5. The molecular weight excluding hydrogens is 284 g/mol. The van der Waals surface area contributed by atoms with Gasteiger partial charge in [0.15, 0.2) is 0 Å². The maximum absolute atomic E-state index is 10.3. The lowest BCUT2D eigenvalue weighted by atomic mass is 10.1. The molecule has 21 heavy (non-hydrogen) atoms. The Hall–Kier alpha value is -2.39. The van der Waals surface area contributed by atoms with E-state index in [1.165, 1.54) is 0 Å². The van der Waals surface area contributed by atoms with Gasteiger partial charge in [-0.3, -0.25) is 0 Å². The van der Waals surface area contributed by atoms with Crippen LogP contribution in [0.1, 0.15) is 5.56 Å². The summed E-state index contributed by atoms with van der Waals surface area (Å²) >= 11 is 6.28. The van der Waals surface area contributed by atoms with Gasteiger partial charge >= 0.3 is 0 Å². The van der Waals surface area contributed by atoms with Crippen molar-refractivity contribution >= 4 is 44.4 Å². The van der Waals surface area contributed by atoms with Crippen molar-refractivity contribution in [3.63, 3.8) is 0 Å². The quantitative estimate of drug-likeness (QED) is 0.381. The summed E-state index contributed by atoms with van der Waals surface area (Å²) in [6.45, 7) is 2.02. The van der Waals surface area contributed by atoms with Crippen LogP contribution in [0.15, 0.2) is 42.5 Å². The molecular formula is C17H11ClN2O. The van der Waals surface area contributed by atoms with E-state index in [2.05, 4.69) is 4.98 Å². The Labute approximate surface area is 125 Å². The van der Waals surface area contributed by atoms with Gasteiger partial charge in [-0.2, -0.15) is 0 Å². The fourth-order valence-electron chi connectivity index (χ4n) is 2.63. The maximum atomic E-state index is 10.3. The summed E-state index contributed by atoms with van der Waals surface area (Å²) in [5, 5.41) is 12.1. The molecule has 4 heteroatoms. The molecule has 1 heterocycles. The highest BCUT2D eigenvalue weighted by Gasteiger charge is 2.15. The smallest absolute Gasteiger partial charge is 0.144 e. The molecule has 0 fully saturated rings. The van der Waals surface area contributed by atoms with Gasteiger partial charge in [0.1, 0.15) is 16.3 Å². The van der Waals surface area contributed by atoms with Crippen molar-refractivity contribution in [1.29, 1.82) is 0 Å². The Bertz CT molecular complexity index is 1030. The van der Waals surface area contributed by atoms with E-state index in [1.807, 2.05) is 49.4 Å². The highest BCUT2D eigenvalue weighted by molar-refractivity contribution is 6.39. The van der Waals surface area contributed by atoms with Crippen molar-refractivity contribution in [2.45, 2.75) is 6.92 Å². The van der Waals surface area contributed by atoms with Crippen LogP contribution in [0.2, 0.25) is 5.02 Å². The molecule has 0 bridgehead atoms. The van der Waals surface area contributed by atoms with Gasteiger partial charge < -0.3 is 5.11 Å². The molecule has 0 unspecified atom stereocenters. The second-order valence-corrected chi connectivity index (χ2v) is 5.50. The standard InChI is InChI=1S/C17H11ClN2O/c1-9-6-7-12-13(8-9)20-15-10-4-2-3-5-11(10)17(21)14(18)16(15)19-12/h2-8,21H,1H3. The van der Waals surface area contributed by atoms with Gasteiger partial charge in [0, 0.05) is 10.8 Å². The van der Waals surface area contributed by atoms with Gasteiger partial charge in [0.2, 0.25) is 0 Å². The third kappa shape index (κ3) is 1.74. The molecule has 4 rings (SSSR count). The minimum Gasteiger partial charge on any atom is -0.506 e. The first-order valence-electron chi connectivity index (χ1n) is 6.62. The second kappa shape index (κ2) is 4.30. The maximum Gasteiger partial charge on any atom is 0.144 e. The first kappa shape index (κ1) is 12.4. The van der Waals surface area contributed by atoms with Crippen molar-refractivity contribution in [2.24, 2.45) is 0 Å². The van der Waals surface area contributed by atoms with Crippen LogP contribution < -0.4 is 0 Å². The Morgan fingerprint density at radius 1 is 0.905 bits per heavy atom. The monoisotopic (exact) mass is 294 g/mol. The predicted molar refractivity (Wildman–Crippen MR) is 86.0 cm³/mol. The number of benzene rings is 3. The molecule has 0 aliphatic carbocycles. The van der Waals surface area contributed by atoms with Gasteiger partial charge in [-0.15, -0.1) is 0 Å². The lowest BCUT2D eigenvalue weighted by Crippen LogP contribution is -1.91. The number of halogens is 1. The number of hydrogen-bond donors (Lipinski definition) is 1. The molecule has 1 aromatic heterocycles. The van der Waals surface area contributed by atoms with Crippen molar-refractivity contribution in [1.82, 2.24) is 9.97 Å². The van der Waals surface area contributed by atoms with Crippen molar-refractivity contribution in [3.8, 4) is 5.75 Å². The van der Waals surface area contributed by atoms with E-state index in [9.17, 15) is 5.11 Å². The van der Waals surface area contributed by atoms with E-state index in [-0.39, 0.29) is 10.8 Å². The summed E-state index contributed by atoms with van der Waals surface area (Å²) in [6.07, 6.45) is 0. The zero-order valence-electron chi connectivity index (χ0n) is 11.3. The number of phenolic OH excluding ortho intramolecular Hbond substituents is 1. The Morgan fingerprint density at radius 3 is 2.43 bits per heavy atom. The summed E-state index contributed by atoms with van der Waals surface area (Å²) in [4.78, 5) is 9.29. The zero-order chi connectivity index (χ0) is 14.6. The van der Waals surface area contributed by atoms with E-state index >= 15 is 0 Å².